The average molecular weight is 216 g/mol. The van der Waals surface area contributed by atoms with Gasteiger partial charge in [-0.2, -0.15) is 0 Å². The van der Waals surface area contributed by atoms with Crippen LogP contribution in [0.2, 0.25) is 0 Å². The molecule has 0 spiro atoms. The minimum atomic E-state index is 0.715. The number of rotatable bonds is 3. The van der Waals surface area contributed by atoms with Crippen LogP contribution in [-0.4, -0.2) is 11.5 Å². The second-order valence-electron chi connectivity index (χ2n) is 4.40. The first-order valence-electron chi connectivity index (χ1n) is 5.98. The van der Waals surface area contributed by atoms with E-state index in [1.54, 1.807) is 0 Å². The number of benzene rings is 1. The lowest BCUT2D eigenvalue weighted by Crippen LogP contribution is -2.04. The van der Waals surface area contributed by atoms with Gasteiger partial charge in [0.1, 0.15) is 0 Å². The molecule has 0 atom stereocenters. The summed E-state index contributed by atoms with van der Waals surface area (Å²) in [6.45, 7) is 7.24. The molecule has 2 heteroatoms. The van der Waals surface area contributed by atoms with E-state index in [-0.39, 0.29) is 0 Å². The van der Waals surface area contributed by atoms with Gasteiger partial charge in [0.15, 0.2) is 0 Å². The fraction of sp³-hybridized carbons (Fsp3) is 0.429. The highest BCUT2D eigenvalue weighted by atomic mass is 14.7. The van der Waals surface area contributed by atoms with Crippen molar-refractivity contribution in [2.24, 2.45) is 5.73 Å². The van der Waals surface area contributed by atoms with Crippen molar-refractivity contribution in [3.05, 3.63) is 34.5 Å². The van der Waals surface area contributed by atoms with E-state index in [2.05, 4.69) is 37.9 Å². The van der Waals surface area contributed by atoms with E-state index in [9.17, 15) is 0 Å². The first-order chi connectivity index (χ1) is 7.69. The first-order valence-corrected chi connectivity index (χ1v) is 5.98. The van der Waals surface area contributed by atoms with Crippen LogP contribution in [0.4, 0.5) is 0 Å². The topological polar surface area (TPSA) is 41.8 Å². The van der Waals surface area contributed by atoms with Crippen LogP contribution < -0.4 is 5.73 Å². The van der Waals surface area contributed by atoms with Crippen LogP contribution in [0.1, 0.15) is 29.3 Å². The van der Waals surface area contributed by atoms with Gasteiger partial charge >= 0.3 is 0 Å². The lowest BCUT2D eigenvalue weighted by atomic mass is 10.0. The maximum atomic E-state index is 5.69. The van der Waals surface area contributed by atoms with Gasteiger partial charge in [-0.15, -0.1) is 0 Å². The molecule has 0 saturated carbocycles. The van der Waals surface area contributed by atoms with E-state index >= 15 is 0 Å². The molecular formula is C14H20N2. The molecule has 0 radical (unpaired) electrons. The average Bonchev–Trinajstić information content (AvgIpc) is 2.63. The van der Waals surface area contributed by atoms with Crippen molar-refractivity contribution in [3.8, 4) is 0 Å². The molecule has 1 heterocycles. The Morgan fingerprint density at radius 1 is 1.25 bits per heavy atom. The van der Waals surface area contributed by atoms with Gasteiger partial charge in [0, 0.05) is 16.6 Å². The van der Waals surface area contributed by atoms with Gasteiger partial charge in [0.05, 0.1) is 0 Å². The standard InChI is InChI=1S/C14H20N2/c1-4-13-11(7-8-15)12-6-5-9(2)10(3)14(12)16-13/h5-6,16H,4,7-8,15H2,1-3H3. The summed E-state index contributed by atoms with van der Waals surface area (Å²) in [6, 6.07) is 4.42. The molecular weight excluding hydrogens is 196 g/mol. The number of aromatic amines is 1. The summed E-state index contributed by atoms with van der Waals surface area (Å²) in [5.74, 6) is 0. The maximum Gasteiger partial charge on any atom is 0.0491 e. The summed E-state index contributed by atoms with van der Waals surface area (Å²) in [5.41, 5.74) is 12.4. The minimum absolute atomic E-state index is 0.715. The second kappa shape index (κ2) is 4.30. The Labute approximate surface area is 96.9 Å². The van der Waals surface area contributed by atoms with E-state index in [1.165, 1.54) is 33.3 Å². The van der Waals surface area contributed by atoms with E-state index in [0.717, 1.165) is 12.8 Å². The first kappa shape index (κ1) is 11.2. The molecule has 1 aromatic carbocycles. The van der Waals surface area contributed by atoms with Gasteiger partial charge in [-0.25, -0.2) is 0 Å². The molecule has 0 aliphatic heterocycles. The molecule has 2 rings (SSSR count). The van der Waals surface area contributed by atoms with Crippen LogP contribution in [-0.2, 0) is 12.8 Å². The molecule has 2 aromatic rings. The van der Waals surface area contributed by atoms with Crippen molar-refractivity contribution in [1.29, 1.82) is 0 Å². The molecule has 0 saturated heterocycles. The summed E-state index contributed by atoms with van der Waals surface area (Å²) < 4.78 is 0. The van der Waals surface area contributed by atoms with Gasteiger partial charge in [-0.3, -0.25) is 0 Å². The molecule has 0 amide bonds. The summed E-state index contributed by atoms with van der Waals surface area (Å²) >= 11 is 0. The van der Waals surface area contributed by atoms with Crippen LogP contribution in [0.5, 0.6) is 0 Å². The van der Waals surface area contributed by atoms with E-state index < -0.39 is 0 Å². The highest BCUT2D eigenvalue weighted by Crippen LogP contribution is 2.27. The Balaban J connectivity index is 2.72. The summed E-state index contributed by atoms with van der Waals surface area (Å²) in [6.07, 6.45) is 2.01. The quantitative estimate of drug-likeness (QED) is 0.814. The molecule has 0 aliphatic rings. The number of aromatic nitrogens is 1. The number of aryl methyl sites for hydroxylation is 3. The minimum Gasteiger partial charge on any atom is -0.358 e. The zero-order valence-corrected chi connectivity index (χ0v) is 10.4. The van der Waals surface area contributed by atoms with Gasteiger partial charge in [-0.1, -0.05) is 19.1 Å². The van der Waals surface area contributed by atoms with Gasteiger partial charge in [0.2, 0.25) is 0 Å². The fourth-order valence-electron chi connectivity index (χ4n) is 2.35. The number of nitrogens with two attached hydrogens (primary N) is 1. The lowest BCUT2D eigenvalue weighted by Gasteiger charge is -2.02. The van der Waals surface area contributed by atoms with Crippen LogP contribution in [0.25, 0.3) is 10.9 Å². The summed E-state index contributed by atoms with van der Waals surface area (Å²) in [7, 11) is 0. The largest absolute Gasteiger partial charge is 0.358 e. The van der Waals surface area contributed by atoms with E-state index in [4.69, 9.17) is 5.73 Å². The molecule has 3 N–H and O–H groups in total. The molecule has 16 heavy (non-hydrogen) atoms. The predicted octanol–water partition coefficient (Wildman–Crippen LogP) is 2.85. The van der Waals surface area contributed by atoms with Crippen LogP contribution in [0.3, 0.4) is 0 Å². The molecule has 0 unspecified atom stereocenters. The number of fused-ring (bicyclic) bond motifs is 1. The smallest absolute Gasteiger partial charge is 0.0491 e. The number of nitrogens with one attached hydrogen (secondary N) is 1. The maximum absolute atomic E-state index is 5.69. The third-order valence-corrected chi connectivity index (χ3v) is 3.45. The molecule has 0 aliphatic carbocycles. The Bertz CT molecular complexity index is 509. The summed E-state index contributed by atoms with van der Waals surface area (Å²) in [5, 5.41) is 1.35. The Morgan fingerprint density at radius 3 is 2.62 bits per heavy atom. The lowest BCUT2D eigenvalue weighted by molar-refractivity contribution is 0.936. The Morgan fingerprint density at radius 2 is 2.00 bits per heavy atom. The van der Waals surface area contributed by atoms with Crippen molar-refractivity contribution in [2.75, 3.05) is 6.54 Å². The normalized spacial score (nSPS) is 11.2. The SMILES string of the molecule is CCc1[nH]c2c(C)c(C)ccc2c1CCN. The highest BCUT2D eigenvalue weighted by molar-refractivity contribution is 5.88. The van der Waals surface area contributed by atoms with Gasteiger partial charge in [0.25, 0.3) is 0 Å². The molecule has 0 fully saturated rings. The van der Waals surface area contributed by atoms with E-state index in [1.807, 2.05) is 0 Å². The third kappa shape index (κ3) is 1.63. The molecule has 0 bridgehead atoms. The van der Waals surface area contributed by atoms with Crippen molar-refractivity contribution >= 4 is 10.9 Å². The highest BCUT2D eigenvalue weighted by Gasteiger charge is 2.11. The zero-order valence-electron chi connectivity index (χ0n) is 10.4. The van der Waals surface area contributed by atoms with E-state index in [0.29, 0.717) is 6.54 Å². The molecule has 86 valence electrons. The van der Waals surface area contributed by atoms with Crippen molar-refractivity contribution < 1.29 is 0 Å². The number of hydrogen-bond acceptors (Lipinski definition) is 1. The van der Waals surface area contributed by atoms with Crippen LogP contribution >= 0.6 is 0 Å². The summed E-state index contributed by atoms with van der Waals surface area (Å²) in [4.78, 5) is 3.55. The van der Waals surface area contributed by atoms with Crippen molar-refractivity contribution in [2.45, 2.75) is 33.6 Å². The monoisotopic (exact) mass is 216 g/mol. The van der Waals surface area contributed by atoms with Crippen LogP contribution in [0.15, 0.2) is 12.1 Å². The second-order valence-corrected chi connectivity index (χ2v) is 4.40. The molecule has 1 aromatic heterocycles. The van der Waals surface area contributed by atoms with Crippen LogP contribution in [0, 0.1) is 13.8 Å². The predicted molar refractivity (Wildman–Crippen MR) is 69.9 cm³/mol. The van der Waals surface area contributed by atoms with Crippen molar-refractivity contribution in [1.82, 2.24) is 4.98 Å². The Kier molecular flexibility index (Phi) is 3.01. The molecule has 2 nitrogen and oxygen atoms in total. The van der Waals surface area contributed by atoms with Crippen molar-refractivity contribution in [3.63, 3.8) is 0 Å². The third-order valence-electron chi connectivity index (χ3n) is 3.45. The van der Waals surface area contributed by atoms with Gasteiger partial charge < -0.3 is 10.7 Å². The fourth-order valence-corrected chi connectivity index (χ4v) is 2.35. The zero-order chi connectivity index (χ0) is 11.7. The number of H-pyrrole nitrogens is 1. The van der Waals surface area contributed by atoms with Gasteiger partial charge in [-0.05, 0) is 49.9 Å². The number of hydrogen-bond donors (Lipinski definition) is 2. The Hall–Kier alpha value is -1.28.